The predicted octanol–water partition coefficient (Wildman–Crippen LogP) is 4.24. The molecule has 1 N–H and O–H groups in total. The zero-order valence-corrected chi connectivity index (χ0v) is 18.0. The molecule has 6 nitrogen and oxygen atoms in total. The van der Waals surface area contributed by atoms with Gasteiger partial charge >= 0.3 is 0 Å². The maximum absolute atomic E-state index is 12.4. The molecule has 1 aromatic heterocycles. The molecule has 1 atom stereocenters. The number of nitrogens with one attached hydrogen (secondary N) is 1. The Hall–Kier alpha value is -3.54. The van der Waals surface area contributed by atoms with Crippen molar-refractivity contribution in [3.8, 4) is 5.75 Å². The SMILES string of the molecule is CC(=O)N1CCc2ccc(OCc3ccc(C(=O)NC4CC4)o3)cc2C1c1ccccc1. The van der Waals surface area contributed by atoms with Crippen LogP contribution in [0.15, 0.2) is 65.1 Å². The Morgan fingerprint density at radius 3 is 2.66 bits per heavy atom. The van der Waals surface area contributed by atoms with E-state index < -0.39 is 0 Å². The molecule has 0 saturated heterocycles. The van der Waals surface area contributed by atoms with Gasteiger partial charge < -0.3 is 19.4 Å². The third-order valence-electron chi connectivity index (χ3n) is 6.04. The fourth-order valence-corrected chi connectivity index (χ4v) is 4.23. The molecule has 2 amide bonds. The van der Waals surface area contributed by atoms with Crippen molar-refractivity contribution in [3.05, 3.63) is 88.9 Å². The van der Waals surface area contributed by atoms with Gasteiger partial charge in [-0.15, -0.1) is 0 Å². The number of carbonyl (C=O) groups excluding carboxylic acids is 2. The lowest BCUT2D eigenvalue weighted by Gasteiger charge is -2.37. The molecule has 0 radical (unpaired) electrons. The minimum absolute atomic E-state index is 0.0587. The van der Waals surface area contributed by atoms with Crippen LogP contribution in [0.2, 0.25) is 0 Å². The average molecular weight is 431 g/mol. The molecule has 2 heterocycles. The smallest absolute Gasteiger partial charge is 0.287 e. The van der Waals surface area contributed by atoms with Crippen molar-refractivity contribution in [2.45, 2.75) is 44.9 Å². The highest BCUT2D eigenvalue weighted by Crippen LogP contribution is 2.37. The van der Waals surface area contributed by atoms with Crippen LogP contribution in [0.25, 0.3) is 0 Å². The minimum atomic E-state index is -0.178. The lowest BCUT2D eigenvalue weighted by Crippen LogP contribution is -2.39. The molecule has 6 heteroatoms. The number of rotatable bonds is 6. The van der Waals surface area contributed by atoms with E-state index >= 15 is 0 Å². The number of hydrogen-bond donors (Lipinski definition) is 1. The van der Waals surface area contributed by atoms with E-state index in [9.17, 15) is 9.59 Å². The lowest BCUT2D eigenvalue weighted by atomic mass is 9.88. The van der Waals surface area contributed by atoms with Crippen molar-refractivity contribution in [2.75, 3.05) is 6.54 Å². The highest BCUT2D eigenvalue weighted by atomic mass is 16.5. The summed E-state index contributed by atoms with van der Waals surface area (Å²) in [7, 11) is 0. The summed E-state index contributed by atoms with van der Waals surface area (Å²) in [6.07, 6.45) is 2.88. The molecule has 5 rings (SSSR count). The van der Waals surface area contributed by atoms with Crippen LogP contribution in [-0.2, 0) is 17.8 Å². The van der Waals surface area contributed by atoms with Crippen LogP contribution in [0.4, 0.5) is 0 Å². The van der Waals surface area contributed by atoms with Gasteiger partial charge in [-0.3, -0.25) is 9.59 Å². The second kappa shape index (κ2) is 8.54. The summed E-state index contributed by atoms with van der Waals surface area (Å²) in [6.45, 7) is 2.54. The van der Waals surface area contributed by atoms with Gasteiger partial charge in [0.2, 0.25) is 5.91 Å². The van der Waals surface area contributed by atoms with E-state index in [1.54, 1.807) is 19.1 Å². The average Bonchev–Trinajstić information content (AvgIpc) is 3.49. The van der Waals surface area contributed by atoms with Gasteiger partial charge in [-0.1, -0.05) is 36.4 Å². The first-order valence-corrected chi connectivity index (χ1v) is 11.1. The molecule has 164 valence electrons. The van der Waals surface area contributed by atoms with E-state index in [0.717, 1.165) is 30.4 Å². The van der Waals surface area contributed by atoms with Crippen molar-refractivity contribution >= 4 is 11.8 Å². The Kier molecular flexibility index (Phi) is 5.43. The number of benzene rings is 2. The number of ether oxygens (including phenoxy) is 1. The van der Waals surface area contributed by atoms with Crippen molar-refractivity contribution in [2.24, 2.45) is 0 Å². The largest absolute Gasteiger partial charge is 0.486 e. The second-order valence-corrected chi connectivity index (χ2v) is 8.44. The topological polar surface area (TPSA) is 71.8 Å². The number of fused-ring (bicyclic) bond motifs is 1. The van der Waals surface area contributed by atoms with Crippen LogP contribution in [-0.4, -0.2) is 29.3 Å². The van der Waals surface area contributed by atoms with Crippen LogP contribution in [0.3, 0.4) is 0 Å². The summed E-state index contributed by atoms with van der Waals surface area (Å²) < 4.78 is 11.7. The van der Waals surface area contributed by atoms with Crippen molar-refractivity contribution in [1.82, 2.24) is 10.2 Å². The van der Waals surface area contributed by atoms with Crippen LogP contribution in [0.1, 0.15) is 58.8 Å². The van der Waals surface area contributed by atoms with E-state index in [2.05, 4.69) is 23.5 Å². The standard InChI is InChI=1S/C26H26N2O4/c1-17(29)28-14-13-18-7-10-21(15-23(18)25(28)19-5-3-2-4-6-19)31-16-22-11-12-24(32-22)26(30)27-20-8-9-20/h2-7,10-12,15,20,25H,8-9,13-14,16H2,1H3,(H,27,30). The number of amides is 2. The highest BCUT2D eigenvalue weighted by Gasteiger charge is 2.31. The molecule has 0 bridgehead atoms. The maximum atomic E-state index is 12.4. The second-order valence-electron chi connectivity index (χ2n) is 8.44. The minimum Gasteiger partial charge on any atom is -0.486 e. The first kappa shape index (κ1) is 20.4. The molecule has 2 aliphatic rings. The molecule has 1 unspecified atom stereocenters. The van der Waals surface area contributed by atoms with Crippen molar-refractivity contribution in [1.29, 1.82) is 0 Å². The first-order chi connectivity index (χ1) is 15.6. The number of carbonyl (C=O) groups is 2. The molecular formula is C26H26N2O4. The van der Waals surface area contributed by atoms with Gasteiger partial charge in [-0.25, -0.2) is 0 Å². The summed E-state index contributed by atoms with van der Waals surface area (Å²) in [6, 6.07) is 19.7. The van der Waals surface area contributed by atoms with E-state index in [1.165, 1.54) is 5.56 Å². The maximum Gasteiger partial charge on any atom is 0.287 e. The van der Waals surface area contributed by atoms with Crippen LogP contribution in [0, 0.1) is 0 Å². The van der Waals surface area contributed by atoms with Gasteiger partial charge in [-0.05, 0) is 60.2 Å². The summed E-state index contributed by atoms with van der Waals surface area (Å²) in [5, 5.41) is 2.92. The van der Waals surface area contributed by atoms with E-state index in [-0.39, 0.29) is 30.5 Å². The van der Waals surface area contributed by atoms with Crippen LogP contribution < -0.4 is 10.1 Å². The van der Waals surface area contributed by atoms with Gasteiger partial charge in [0, 0.05) is 19.5 Å². The van der Waals surface area contributed by atoms with Gasteiger partial charge in [0.15, 0.2) is 5.76 Å². The quantitative estimate of drug-likeness (QED) is 0.635. The van der Waals surface area contributed by atoms with Crippen LogP contribution >= 0.6 is 0 Å². The van der Waals surface area contributed by atoms with Gasteiger partial charge in [0.05, 0.1) is 6.04 Å². The van der Waals surface area contributed by atoms with Gasteiger partial charge in [0.25, 0.3) is 5.91 Å². The van der Waals surface area contributed by atoms with E-state index in [1.807, 2.05) is 35.2 Å². The molecule has 1 fully saturated rings. The van der Waals surface area contributed by atoms with Crippen molar-refractivity contribution in [3.63, 3.8) is 0 Å². The molecule has 0 spiro atoms. The Balaban J connectivity index is 1.35. The molecular weight excluding hydrogens is 404 g/mol. The Morgan fingerprint density at radius 1 is 1.09 bits per heavy atom. The third kappa shape index (κ3) is 4.26. The molecule has 32 heavy (non-hydrogen) atoms. The molecule has 3 aromatic rings. The predicted molar refractivity (Wildman–Crippen MR) is 119 cm³/mol. The van der Waals surface area contributed by atoms with E-state index in [4.69, 9.17) is 9.15 Å². The molecule has 2 aromatic carbocycles. The summed E-state index contributed by atoms with van der Waals surface area (Å²) in [5.41, 5.74) is 3.39. The third-order valence-corrected chi connectivity index (χ3v) is 6.04. The normalized spacial score (nSPS) is 17.5. The zero-order chi connectivity index (χ0) is 22.1. The van der Waals surface area contributed by atoms with Crippen molar-refractivity contribution < 1.29 is 18.7 Å². The molecule has 1 saturated carbocycles. The summed E-state index contributed by atoms with van der Waals surface area (Å²) in [4.78, 5) is 26.4. The monoisotopic (exact) mass is 430 g/mol. The Morgan fingerprint density at radius 2 is 1.91 bits per heavy atom. The number of hydrogen-bond acceptors (Lipinski definition) is 4. The summed E-state index contributed by atoms with van der Waals surface area (Å²) in [5.74, 6) is 1.48. The molecule has 1 aliphatic carbocycles. The summed E-state index contributed by atoms with van der Waals surface area (Å²) >= 11 is 0. The van der Waals surface area contributed by atoms with Crippen LogP contribution in [0.5, 0.6) is 5.75 Å². The number of nitrogens with zero attached hydrogens (tertiary/aromatic N) is 1. The zero-order valence-electron chi connectivity index (χ0n) is 18.0. The van der Waals surface area contributed by atoms with Gasteiger partial charge in [-0.2, -0.15) is 0 Å². The van der Waals surface area contributed by atoms with E-state index in [0.29, 0.717) is 23.8 Å². The highest BCUT2D eigenvalue weighted by molar-refractivity contribution is 5.91. The molecule has 1 aliphatic heterocycles. The van der Waals surface area contributed by atoms with Gasteiger partial charge in [0.1, 0.15) is 18.1 Å². The Labute approximate surface area is 187 Å². The lowest BCUT2D eigenvalue weighted by molar-refractivity contribution is -0.130. The first-order valence-electron chi connectivity index (χ1n) is 11.1. The number of furan rings is 1. The Bertz CT molecular complexity index is 1130. The fraction of sp³-hybridized carbons (Fsp3) is 0.308. The fourth-order valence-electron chi connectivity index (χ4n) is 4.23.